The standard InChI is InChI=1S/C19H21ClN2OS/c1-23-18-7-3-4-15-16(18)5-2-6-17(15)22-19(24)21-12-13-8-10-14(20)11-9-13/h3-4,7-11,17H,2,5-6,12H2,1H3,(H2,21,22,24). The second-order valence-electron chi connectivity index (χ2n) is 5.93. The first-order chi connectivity index (χ1) is 11.7. The first-order valence-electron chi connectivity index (χ1n) is 8.12. The summed E-state index contributed by atoms with van der Waals surface area (Å²) in [4.78, 5) is 0. The highest BCUT2D eigenvalue weighted by molar-refractivity contribution is 7.80. The minimum Gasteiger partial charge on any atom is -0.496 e. The molecule has 0 fully saturated rings. The highest BCUT2D eigenvalue weighted by Gasteiger charge is 2.23. The quantitative estimate of drug-likeness (QED) is 0.792. The summed E-state index contributed by atoms with van der Waals surface area (Å²) in [5, 5.41) is 8.13. The Labute approximate surface area is 153 Å². The van der Waals surface area contributed by atoms with Crippen LogP contribution in [0.4, 0.5) is 0 Å². The number of hydrogen-bond acceptors (Lipinski definition) is 2. The van der Waals surface area contributed by atoms with E-state index >= 15 is 0 Å². The SMILES string of the molecule is COc1cccc2c1CCCC2NC(=S)NCc1ccc(Cl)cc1. The lowest BCUT2D eigenvalue weighted by Gasteiger charge is -2.28. The summed E-state index contributed by atoms with van der Waals surface area (Å²) in [5.74, 6) is 0.971. The highest BCUT2D eigenvalue weighted by Crippen LogP contribution is 2.35. The predicted octanol–water partition coefficient (Wildman–Crippen LogP) is 4.39. The van der Waals surface area contributed by atoms with Gasteiger partial charge in [-0.3, -0.25) is 0 Å². The van der Waals surface area contributed by atoms with Gasteiger partial charge in [0.2, 0.25) is 0 Å². The van der Waals surface area contributed by atoms with E-state index in [-0.39, 0.29) is 6.04 Å². The summed E-state index contributed by atoms with van der Waals surface area (Å²) in [6.07, 6.45) is 3.26. The van der Waals surface area contributed by atoms with Gasteiger partial charge in [0, 0.05) is 11.6 Å². The van der Waals surface area contributed by atoms with Crippen molar-refractivity contribution in [3.8, 4) is 5.75 Å². The fourth-order valence-corrected chi connectivity index (χ4v) is 3.49. The smallest absolute Gasteiger partial charge is 0.167 e. The molecule has 0 heterocycles. The Bertz CT molecular complexity index is 718. The zero-order valence-electron chi connectivity index (χ0n) is 13.6. The van der Waals surface area contributed by atoms with Gasteiger partial charge in [0.25, 0.3) is 0 Å². The lowest BCUT2D eigenvalue weighted by atomic mass is 9.87. The third kappa shape index (κ3) is 4.00. The van der Waals surface area contributed by atoms with Crippen molar-refractivity contribution in [2.75, 3.05) is 7.11 Å². The van der Waals surface area contributed by atoms with E-state index in [9.17, 15) is 0 Å². The van der Waals surface area contributed by atoms with Gasteiger partial charge in [0.1, 0.15) is 5.75 Å². The molecule has 0 radical (unpaired) electrons. The van der Waals surface area contributed by atoms with Crippen molar-refractivity contribution in [3.05, 3.63) is 64.2 Å². The van der Waals surface area contributed by atoms with Crippen molar-refractivity contribution in [2.24, 2.45) is 0 Å². The maximum Gasteiger partial charge on any atom is 0.167 e. The van der Waals surface area contributed by atoms with E-state index in [1.165, 1.54) is 11.1 Å². The number of nitrogens with one attached hydrogen (secondary N) is 2. The van der Waals surface area contributed by atoms with Gasteiger partial charge in [-0.05, 0) is 66.4 Å². The van der Waals surface area contributed by atoms with Gasteiger partial charge in [0.15, 0.2) is 5.11 Å². The fourth-order valence-electron chi connectivity index (χ4n) is 3.15. The molecule has 0 aliphatic heterocycles. The van der Waals surface area contributed by atoms with Crippen LogP contribution >= 0.6 is 23.8 Å². The van der Waals surface area contributed by atoms with E-state index in [1.54, 1.807) is 7.11 Å². The molecule has 0 amide bonds. The van der Waals surface area contributed by atoms with Crippen LogP contribution in [0.1, 0.15) is 35.6 Å². The molecule has 1 atom stereocenters. The predicted molar refractivity (Wildman–Crippen MR) is 103 cm³/mol. The van der Waals surface area contributed by atoms with E-state index in [0.717, 1.165) is 35.6 Å². The van der Waals surface area contributed by atoms with Crippen molar-refractivity contribution in [1.29, 1.82) is 0 Å². The lowest BCUT2D eigenvalue weighted by Crippen LogP contribution is -2.38. The Morgan fingerprint density at radius 3 is 2.79 bits per heavy atom. The van der Waals surface area contributed by atoms with Crippen molar-refractivity contribution >= 4 is 28.9 Å². The van der Waals surface area contributed by atoms with Crippen molar-refractivity contribution < 1.29 is 4.74 Å². The Morgan fingerprint density at radius 1 is 1.25 bits per heavy atom. The molecule has 1 unspecified atom stereocenters. The molecule has 0 saturated carbocycles. The number of hydrogen-bond donors (Lipinski definition) is 2. The van der Waals surface area contributed by atoms with Crippen LogP contribution in [0.15, 0.2) is 42.5 Å². The van der Waals surface area contributed by atoms with E-state index in [2.05, 4.69) is 16.7 Å². The van der Waals surface area contributed by atoms with Gasteiger partial charge in [-0.25, -0.2) is 0 Å². The molecule has 1 aliphatic rings. The van der Waals surface area contributed by atoms with Crippen LogP contribution in [0.25, 0.3) is 0 Å². The molecule has 3 rings (SSSR count). The van der Waals surface area contributed by atoms with Crippen LogP contribution in [0.2, 0.25) is 5.02 Å². The second kappa shape index (κ2) is 7.86. The molecule has 2 aromatic rings. The molecular weight excluding hydrogens is 340 g/mol. The monoisotopic (exact) mass is 360 g/mol. The number of halogens is 1. The molecule has 0 saturated heterocycles. The zero-order chi connectivity index (χ0) is 16.9. The van der Waals surface area contributed by atoms with Gasteiger partial charge in [0.05, 0.1) is 13.2 Å². The average molecular weight is 361 g/mol. The molecule has 3 nitrogen and oxygen atoms in total. The summed E-state index contributed by atoms with van der Waals surface area (Å²) in [7, 11) is 1.73. The van der Waals surface area contributed by atoms with Gasteiger partial charge in [-0.2, -0.15) is 0 Å². The fraction of sp³-hybridized carbons (Fsp3) is 0.316. The van der Waals surface area contributed by atoms with Gasteiger partial charge >= 0.3 is 0 Å². The van der Waals surface area contributed by atoms with E-state index < -0.39 is 0 Å². The molecule has 2 aromatic carbocycles. The summed E-state index contributed by atoms with van der Waals surface area (Å²) in [6.45, 7) is 0.681. The molecule has 1 aliphatic carbocycles. The Balaban J connectivity index is 1.62. The van der Waals surface area contributed by atoms with Gasteiger partial charge < -0.3 is 15.4 Å². The first-order valence-corrected chi connectivity index (χ1v) is 8.90. The van der Waals surface area contributed by atoms with Gasteiger partial charge in [-0.15, -0.1) is 0 Å². The number of thiocarbonyl (C=S) groups is 1. The minimum absolute atomic E-state index is 0.231. The second-order valence-corrected chi connectivity index (χ2v) is 6.77. The van der Waals surface area contributed by atoms with Crippen LogP contribution in [0.3, 0.4) is 0 Å². The summed E-state index contributed by atoms with van der Waals surface area (Å²) < 4.78 is 5.49. The maximum atomic E-state index is 5.91. The minimum atomic E-state index is 0.231. The third-order valence-corrected chi connectivity index (χ3v) is 4.87. The number of benzene rings is 2. The van der Waals surface area contributed by atoms with Crippen LogP contribution in [-0.2, 0) is 13.0 Å². The molecular formula is C19H21ClN2OS. The normalized spacial score (nSPS) is 16.2. The third-order valence-electron chi connectivity index (χ3n) is 4.36. The largest absolute Gasteiger partial charge is 0.496 e. The van der Waals surface area contributed by atoms with E-state index in [1.807, 2.05) is 36.4 Å². The van der Waals surface area contributed by atoms with Gasteiger partial charge in [-0.1, -0.05) is 35.9 Å². The maximum absolute atomic E-state index is 5.91. The number of fused-ring (bicyclic) bond motifs is 1. The average Bonchev–Trinajstić information content (AvgIpc) is 2.61. The van der Waals surface area contributed by atoms with Crippen LogP contribution < -0.4 is 15.4 Å². The van der Waals surface area contributed by atoms with Crippen LogP contribution in [0.5, 0.6) is 5.75 Å². The van der Waals surface area contributed by atoms with Crippen molar-refractivity contribution in [3.63, 3.8) is 0 Å². The zero-order valence-corrected chi connectivity index (χ0v) is 15.2. The number of methoxy groups -OCH3 is 1. The Kier molecular flexibility index (Phi) is 5.59. The number of ether oxygens (including phenoxy) is 1. The van der Waals surface area contributed by atoms with Crippen molar-refractivity contribution in [1.82, 2.24) is 10.6 Å². The number of rotatable bonds is 4. The van der Waals surface area contributed by atoms with Crippen molar-refractivity contribution in [2.45, 2.75) is 31.8 Å². The molecule has 126 valence electrons. The highest BCUT2D eigenvalue weighted by atomic mass is 35.5. The van der Waals surface area contributed by atoms with E-state index in [4.69, 9.17) is 28.6 Å². The molecule has 24 heavy (non-hydrogen) atoms. The van der Waals surface area contributed by atoms with Crippen LogP contribution in [-0.4, -0.2) is 12.2 Å². The molecule has 2 N–H and O–H groups in total. The van der Waals surface area contributed by atoms with Crippen LogP contribution in [0, 0.1) is 0 Å². The molecule has 0 aromatic heterocycles. The topological polar surface area (TPSA) is 33.3 Å². The first kappa shape index (κ1) is 17.1. The molecule has 5 heteroatoms. The Morgan fingerprint density at radius 2 is 2.04 bits per heavy atom. The Hall–Kier alpha value is -1.78. The molecule has 0 spiro atoms. The lowest BCUT2D eigenvalue weighted by molar-refractivity contribution is 0.401. The summed E-state index contributed by atoms with van der Waals surface area (Å²) in [6, 6.07) is 14.2. The summed E-state index contributed by atoms with van der Waals surface area (Å²) >= 11 is 11.4. The van der Waals surface area contributed by atoms with E-state index in [0.29, 0.717) is 11.7 Å². The summed E-state index contributed by atoms with van der Waals surface area (Å²) in [5.41, 5.74) is 3.73. The molecule has 0 bridgehead atoms.